The monoisotopic (exact) mass is 826 g/mol. The number of hydrogen-bond acceptors (Lipinski definition) is 6. The highest BCUT2D eigenvalue weighted by Crippen LogP contribution is 2.47. The quantitative estimate of drug-likeness (QED) is 0.147. The number of hydrogen-bond donors (Lipinski definition) is 1. The predicted octanol–water partition coefficient (Wildman–Crippen LogP) is 4.60. The lowest BCUT2D eigenvalue weighted by molar-refractivity contribution is -0.220. The Morgan fingerprint density at radius 2 is 1.52 bits per heavy atom. The van der Waals surface area contributed by atoms with Crippen molar-refractivity contribution < 1.29 is 45.2 Å². The molecule has 5 atom stereocenters. The second kappa shape index (κ2) is 10.4. The van der Waals surface area contributed by atoms with E-state index < -0.39 is 63.8 Å². The van der Waals surface area contributed by atoms with Crippen LogP contribution in [0.5, 0.6) is 5.75 Å². The van der Waals surface area contributed by atoms with Crippen LogP contribution in [-0.2, 0) is 24.4 Å². The van der Waals surface area contributed by atoms with Crippen LogP contribution in [0.1, 0.15) is 12.8 Å². The van der Waals surface area contributed by atoms with Crippen molar-refractivity contribution in [2.45, 2.75) is 25.1 Å². The molecule has 0 radical (unpaired) electrons. The molecule has 1 aromatic carbocycles. The van der Waals surface area contributed by atoms with Crippen LogP contribution >= 0.6 is 67.8 Å². The standard InChI is InChI=1S/C19H16F3I3O7S/c20-19(21,22)13(7-33(28,29)30)31-17(26)14-8-1-3-9(4-2-8)15(14)18(27)32-16-11(24)5-10(23)6-12(16)25/h1,3,5-6,8-9,13-15H,2,4,7H2,(H,28,29,30). The summed E-state index contributed by atoms with van der Waals surface area (Å²) in [6, 6.07) is 3.57. The number of carbonyl (C=O) groups excluding carboxylic acids is 2. The third-order valence-electron chi connectivity index (χ3n) is 5.44. The Morgan fingerprint density at radius 3 is 1.94 bits per heavy atom. The lowest BCUT2D eigenvalue weighted by Crippen LogP contribution is -2.49. The van der Waals surface area contributed by atoms with Crippen LogP contribution in [0.25, 0.3) is 0 Å². The Kier molecular flexibility index (Phi) is 8.64. The maximum atomic E-state index is 13.3. The molecule has 0 aromatic heterocycles. The first-order valence-electron chi connectivity index (χ1n) is 9.44. The first kappa shape index (κ1) is 27.4. The second-order valence-electron chi connectivity index (χ2n) is 7.68. The molecule has 3 aliphatic rings. The van der Waals surface area contributed by atoms with Crippen molar-refractivity contribution in [2.24, 2.45) is 23.7 Å². The second-order valence-corrected chi connectivity index (χ2v) is 12.7. The van der Waals surface area contributed by atoms with E-state index in [1.807, 2.05) is 45.2 Å². The number of alkyl halides is 3. The van der Waals surface area contributed by atoms with Gasteiger partial charge in [-0.2, -0.15) is 21.6 Å². The molecular formula is C19H16F3I3O7S. The minimum absolute atomic E-state index is 0.290. The van der Waals surface area contributed by atoms with E-state index in [9.17, 15) is 31.2 Å². The first-order valence-corrected chi connectivity index (χ1v) is 14.3. The smallest absolute Gasteiger partial charge is 0.426 e. The molecule has 1 fully saturated rings. The SMILES string of the molecule is O=C(Oc1c(I)cc(I)cc1I)C1C2C=CC(CC2)C1C(=O)OC(CS(=O)(=O)O)C(F)(F)F. The van der Waals surface area contributed by atoms with E-state index in [0.717, 1.165) is 3.57 Å². The maximum Gasteiger partial charge on any atom is 0.426 e. The van der Waals surface area contributed by atoms with Gasteiger partial charge in [0.1, 0.15) is 5.75 Å². The van der Waals surface area contributed by atoms with E-state index in [4.69, 9.17) is 9.29 Å². The summed E-state index contributed by atoms with van der Waals surface area (Å²) in [4.78, 5) is 26.0. The van der Waals surface area contributed by atoms with E-state index in [0.29, 0.717) is 25.7 Å². The summed E-state index contributed by atoms with van der Waals surface area (Å²) in [6.45, 7) is 0. The van der Waals surface area contributed by atoms with Crippen molar-refractivity contribution in [1.29, 1.82) is 0 Å². The summed E-state index contributed by atoms with van der Waals surface area (Å²) in [5, 5.41) is 0. The Balaban J connectivity index is 1.88. The third-order valence-corrected chi connectivity index (χ3v) is 8.39. The summed E-state index contributed by atoms with van der Waals surface area (Å²) in [7, 11) is -5.08. The molecule has 3 aliphatic carbocycles. The number of carbonyl (C=O) groups is 2. The van der Waals surface area contributed by atoms with E-state index in [-0.39, 0.29) is 0 Å². The van der Waals surface area contributed by atoms with Gasteiger partial charge in [0.2, 0.25) is 6.10 Å². The number of esters is 2. The molecular weight excluding hydrogens is 810 g/mol. The van der Waals surface area contributed by atoms with Crippen molar-refractivity contribution in [3.63, 3.8) is 0 Å². The van der Waals surface area contributed by atoms with Crippen molar-refractivity contribution in [3.8, 4) is 5.75 Å². The van der Waals surface area contributed by atoms with Crippen molar-refractivity contribution in [2.75, 3.05) is 5.75 Å². The fourth-order valence-electron chi connectivity index (χ4n) is 4.04. The molecule has 33 heavy (non-hydrogen) atoms. The van der Waals surface area contributed by atoms with Crippen LogP contribution in [0.3, 0.4) is 0 Å². The fourth-order valence-corrected chi connectivity index (χ4v) is 8.48. The van der Waals surface area contributed by atoms with Gasteiger partial charge in [-0.05, 0) is 105 Å². The molecule has 0 amide bonds. The highest BCUT2D eigenvalue weighted by Gasteiger charge is 2.53. The zero-order valence-electron chi connectivity index (χ0n) is 16.4. The number of fused-ring (bicyclic) bond motifs is 2. The van der Waals surface area contributed by atoms with Crippen LogP contribution in [0.2, 0.25) is 0 Å². The van der Waals surface area contributed by atoms with Crippen LogP contribution < -0.4 is 4.74 Å². The topological polar surface area (TPSA) is 107 Å². The molecule has 5 unspecified atom stereocenters. The zero-order chi connectivity index (χ0) is 24.7. The molecule has 4 rings (SSSR count). The maximum absolute atomic E-state index is 13.3. The average Bonchev–Trinajstić information content (AvgIpc) is 2.68. The van der Waals surface area contributed by atoms with Crippen molar-refractivity contribution in [3.05, 3.63) is 35.0 Å². The molecule has 182 valence electrons. The largest absolute Gasteiger partial charge is 0.451 e. The van der Waals surface area contributed by atoms with Gasteiger partial charge in [-0.25, -0.2) is 0 Å². The van der Waals surface area contributed by atoms with Gasteiger partial charge < -0.3 is 9.47 Å². The minimum atomic E-state index is -5.22. The lowest BCUT2D eigenvalue weighted by Gasteiger charge is -2.42. The number of ether oxygens (including phenoxy) is 2. The van der Waals surface area contributed by atoms with Crippen molar-refractivity contribution in [1.82, 2.24) is 0 Å². The van der Waals surface area contributed by atoms with Gasteiger partial charge >= 0.3 is 18.1 Å². The lowest BCUT2D eigenvalue weighted by atomic mass is 9.62. The molecule has 0 heterocycles. The molecule has 7 nitrogen and oxygen atoms in total. The average molecular weight is 826 g/mol. The molecule has 0 saturated heterocycles. The zero-order valence-corrected chi connectivity index (χ0v) is 23.7. The van der Waals surface area contributed by atoms with Gasteiger partial charge in [0.25, 0.3) is 10.1 Å². The number of halogens is 6. The number of allylic oxidation sites excluding steroid dienone is 2. The molecule has 1 N–H and O–H groups in total. The van der Waals surface area contributed by atoms with Crippen LogP contribution in [0.4, 0.5) is 13.2 Å². The van der Waals surface area contributed by atoms with E-state index in [1.54, 1.807) is 24.3 Å². The van der Waals surface area contributed by atoms with Crippen LogP contribution in [0, 0.1) is 34.4 Å². The highest BCUT2D eigenvalue weighted by atomic mass is 127. The molecule has 14 heteroatoms. The summed E-state index contributed by atoms with van der Waals surface area (Å²) in [6.07, 6.45) is -3.88. The van der Waals surface area contributed by atoms with Crippen molar-refractivity contribution >= 4 is 89.8 Å². The van der Waals surface area contributed by atoms with E-state index in [1.165, 1.54) is 0 Å². The number of benzene rings is 1. The molecule has 1 aromatic rings. The Bertz CT molecular complexity index is 1070. The fraction of sp³-hybridized carbons (Fsp3) is 0.474. The molecule has 0 spiro atoms. The highest BCUT2D eigenvalue weighted by molar-refractivity contribution is 14.1. The van der Waals surface area contributed by atoms with E-state index in [2.05, 4.69) is 27.3 Å². The summed E-state index contributed by atoms with van der Waals surface area (Å²) >= 11 is 6.10. The van der Waals surface area contributed by atoms with Gasteiger partial charge in [0.15, 0.2) is 5.75 Å². The predicted molar refractivity (Wildman–Crippen MR) is 135 cm³/mol. The summed E-state index contributed by atoms with van der Waals surface area (Å²) in [5.41, 5.74) is 0. The Labute approximate surface area is 228 Å². The summed E-state index contributed by atoms with van der Waals surface area (Å²) in [5.74, 6) is -7.02. The van der Waals surface area contributed by atoms with Gasteiger partial charge in [0, 0.05) is 3.57 Å². The van der Waals surface area contributed by atoms with Gasteiger partial charge in [-0.15, -0.1) is 0 Å². The molecule has 2 bridgehead atoms. The van der Waals surface area contributed by atoms with Crippen LogP contribution in [0.15, 0.2) is 24.3 Å². The van der Waals surface area contributed by atoms with Gasteiger partial charge in [-0.3, -0.25) is 14.1 Å². The van der Waals surface area contributed by atoms with Gasteiger partial charge in [-0.1, -0.05) is 12.2 Å². The normalized spacial score (nSPS) is 25.5. The minimum Gasteiger partial charge on any atom is -0.451 e. The third kappa shape index (κ3) is 6.72. The Hall–Kier alpha value is -0.210. The van der Waals surface area contributed by atoms with Crippen LogP contribution in [-0.4, -0.2) is 42.9 Å². The Morgan fingerprint density at radius 1 is 1.03 bits per heavy atom. The van der Waals surface area contributed by atoms with E-state index >= 15 is 0 Å². The first-order chi connectivity index (χ1) is 15.2. The van der Waals surface area contributed by atoms with Gasteiger partial charge in [0.05, 0.1) is 19.0 Å². The molecule has 1 saturated carbocycles. The molecule has 0 aliphatic heterocycles. The summed E-state index contributed by atoms with van der Waals surface area (Å²) < 4.78 is 83.0. The number of rotatable bonds is 6.